The van der Waals surface area contributed by atoms with Crippen molar-refractivity contribution in [3.8, 4) is 11.5 Å². The highest BCUT2D eigenvalue weighted by molar-refractivity contribution is 6.06. The second-order valence-corrected chi connectivity index (χ2v) is 13.6. The van der Waals surface area contributed by atoms with Gasteiger partial charge >= 0.3 is 0 Å². The lowest BCUT2D eigenvalue weighted by Crippen LogP contribution is -2.44. The smallest absolute Gasteiger partial charge is 0.165 e. The molecule has 0 spiro atoms. The van der Waals surface area contributed by atoms with Crippen LogP contribution < -0.4 is 9.47 Å². The van der Waals surface area contributed by atoms with E-state index in [1.54, 1.807) is 24.3 Å². The van der Waals surface area contributed by atoms with Crippen LogP contribution in [0, 0.1) is 16.6 Å². The van der Waals surface area contributed by atoms with Crippen molar-refractivity contribution in [1.29, 1.82) is 0 Å². The summed E-state index contributed by atoms with van der Waals surface area (Å²) in [7, 11) is 0. The lowest BCUT2D eigenvalue weighted by Gasteiger charge is -2.49. The van der Waals surface area contributed by atoms with Gasteiger partial charge in [0.15, 0.2) is 23.1 Å². The standard InChI is InChI=1S/C37H44FNO4/c1-8-13-23-16-25(17-31(42-10-3)35(23)43-22-24-14-11-12-15-26(24)38)32-33-27(18-36(4,5)20-29(33)40)39(9-2)28-19-37(6,7)21-30(41)34(28)32/h8,11-12,14-17,32H,1,9-10,13,18-22H2,2-7H3. The van der Waals surface area contributed by atoms with Crippen molar-refractivity contribution in [1.82, 2.24) is 4.90 Å². The fourth-order valence-corrected chi connectivity index (χ4v) is 7.11. The molecule has 5 rings (SSSR count). The molecule has 1 heterocycles. The van der Waals surface area contributed by atoms with Gasteiger partial charge in [-0.15, -0.1) is 6.58 Å². The number of rotatable bonds is 9. The molecular formula is C37H44FNO4. The third kappa shape index (κ3) is 5.93. The third-order valence-electron chi connectivity index (χ3n) is 8.82. The SMILES string of the molecule is C=CCc1cc(C2C3=C(CC(C)(C)CC3=O)N(CC)C3=C2C(=O)CC(C)(C)C3)cc(OCC)c1OCc1ccccc1F. The molecule has 1 aliphatic heterocycles. The van der Waals surface area contributed by atoms with Gasteiger partial charge in [-0.2, -0.15) is 0 Å². The average Bonchev–Trinajstić information content (AvgIpc) is 2.91. The molecular weight excluding hydrogens is 541 g/mol. The van der Waals surface area contributed by atoms with Gasteiger partial charge < -0.3 is 14.4 Å². The van der Waals surface area contributed by atoms with E-state index in [1.165, 1.54) is 6.07 Å². The number of hydrogen-bond donors (Lipinski definition) is 0. The number of carbonyl (C=O) groups excluding carboxylic acids is 2. The molecule has 3 aliphatic rings. The maximum Gasteiger partial charge on any atom is 0.165 e. The average molecular weight is 586 g/mol. The molecule has 0 amide bonds. The number of allylic oxidation sites excluding steroid dienone is 5. The summed E-state index contributed by atoms with van der Waals surface area (Å²) < 4.78 is 26.8. The molecule has 0 aromatic heterocycles. The number of benzene rings is 2. The van der Waals surface area contributed by atoms with Crippen molar-refractivity contribution >= 4 is 11.6 Å². The highest BCUT2D eigenvalue weighted by Gasteiger charge is 2.48. The Hall–Kier alpha value is -3.67. The Balaban J connectivity index is 1.71. The molecule has 0 saturated carbocycles. The van der Waals surface area contributed by atoms with Crippen molar-refractivity contribution in [3.63, 3.8) is 0 Å². The van der Waals surface area contributed by atoms with Crippen LogP contribution in [-0.4, -0.2) is 29.6 Å². The first-order chi connectivity index (χ1) is 20.4. The van der Waals surface area contributed by atoms with Gasteiger partial charge in [0.2, 0.25) is 0 Å². The number of halogens is 1. The Morgan fingerprint density at radius 3 is 2.05 bits per heavy atom. The predicted molar refractivity (Wildman–Crippen MR) is 167 cm³/mol. The molecule has 0 atom stereocenters. The van der Waals surface area contributed by atoms with Crippen LogP contribution in [0.2, 0.25) is 0 Å². The normalized spacial score (nSPS) is 19.7. The summed E-state index contributed by atoms with van der Waals surface area (Å²) in [5, 5.41) is 0. The van der Waals surface area contributed by atoms with E-state index in [0.29, 0.717) is 49.5 Å². The van der Waals surface area contributed by atoms with Crippen molar-refractivity contribution < 1.29 is 23.5 Å². The molecule has 2 aliphatic carbocycles. The summed E-state index contributed by atoms with van der Waals surface area (Å²) in [6.45, 7) is 17.7. The first-order valence-electron chi connectivity index (χ1n) is 15.5. The van der Waals surface area contributed by atoms with E-state index < -0.39 is 5.92 Å². The van der Waals surface area contributed by atoms with E-state index in [4.69, 9.17) is 9.47 Å². The molecule has 5 nitrogen and oxygen atoms in total. The minimum absolute atomic E-state index is 0.0386. The molecule has 2 aromatic carbocycles. The largest absolute Gasteiger partial charge is 0.490 e. The van der Waals surface area contributed by atoms with E-state index in [-0.39, 0.29) is 34.8 Å². The number of hydrogen-bond acceptors (Lipinski definition) is 5. The van der Waals surface area contributed by atoms with Gasteiger partial charge in [-0.1, -0.05) is 58.0 Å². The monoisotopic (exact) mass is 585 g/mol. The highest BCUT2D eigenvalue weighted by atomic mass is 19.1. The summed E-state index contributed by atoms with van der Waals surface area (Å²) in [5.74, 6) is 0.423. The lowest BCUT2D eigenvalue weighted by molar-refractivity contribution is -0.119. The molecule has 0 fully saturated rings. The van der Waals surface area contributed by atoms with Gasteiger partial charge in [0.05, 0.1) is 6.61 Å². The third-order valence-corrected chi connectivity index (χ3v) is 8.82. The van der Waals surface area contributed by atoms with Gasteiger partial charge in [-0.05, 0) is 61.6 Å². The number of Topliss-reactive ketones (excluding diaryl/α,β-unsaturated/α-hetero) is 2. The Bertz CT molecular complexity index is 1480. The zero-order valence-electron chi connectivity index (χ0n) is 26.4. The van der Waals surface area contributed by atoms with Crippen molar-refractivity contribution in [2.24, 2.45) is 10.8 Å². The summed E-state index contributed by atoms with van der Waals surface area (Å²) in [6.07, 6.45) is 4.68. The quantitative estimate of drug-likeness (QED) is 0.278. The van der Waals surface area contributed by atoms with Crippen LogP contribution in [-0.2, 0) is 22.6 Å². The van der Waals surface area contributed by atoms with Crippen LogP contribution in [0.4, 0.5) is 4.39 Å². The molecule has 0 saturated heterocycles. The zero-order chi connectivity index (χ0) is 31.1. The molecule has 228 valence electrons. The van der Waals surface area contributed by atoms with E-state index in [2.05, 4.69) is 46.1 Å². The van der Waals surface area contributed by atoms with Crippen LogP contribution in [0.25, 0.3) is 0 Å². The van der Waals surface area contributed by atoms with Crippen molar-refractivity contribution in [2.75, 3.05) is 13.2 Å². The summed E-state index contributed by atoms with van der Waals surface area (Å²) in [5.41, 5.74) is 5.32. The predicted octanol–water partition coefficient (Wildman–Crippen LogP) is 8.24. The minimum atomic E-state index is -0.483. The van der Waals surface area contributed by atoms with E-state index in [0.717, 1.165) is 46.5 Å². The maximum atomic E-state index is 14.5. The molecule has 6 heteroatoms. The van der Waals surface area contributed by atoms with E-state index in [1.807, 2.05) is 19.1 Å². The number of nitrogens with zero attached hydrogens (tertiary/aromatic N) is 1. The van der Waals surface area contributed by atoms with Crippen molar-refractivity contribution in [3.05, 3.63) is 94.1 Å². The number of ketones is 2. The topological polar surface area (TPSA) is 55.8 Å². The zero-order valence-corrected chi connectivity index (χ0v) is 26.4. The second-order valence-electron chi connectivity index (χ2n) is 13.6. The Morgan fingerprint density at radius 1 is 0.907 bits per heavy atom. The molecule has 0 N–H and O–H groups in total. The van der Waals surface area contributed by atoms with Crippen LogP contribution in [0.3, 0.4) is 0 Å². The molecule has 0 unspecified atom stereocenters. The van der Waals surface area contributed by atoms with E-state index >= 15 is 0 Å². The minimum Gasteiger partial charge on any atom is -0.490 e. The second kappa shape index (κ2) is 11.8. The fourth-order valence-electron chi connectivity index (χ4n) is 7.11. The summed E-state index contributed by atoms with van der Waals surface area (Å²) >= 11 is 0. The van der Waals surface area contributed by atoms with Crippen LogP contribution in [0.1, 0.15) is 89.8 Å². The maximum absolute atomic E-state index is 14.5. The molecule has 43 heavy (non-hydrogen) atoms. The molecule has 2 aromatic rings. The summed E-state index contributed by atoms with van der Waals surface area (Å²) in [4.78, 5) is 30.4. The van der Waals surface area contributed by atoms with Gasteiger partial charge in [-0.3, -0.25) is 9.59 Å². The Labute approximate surface area is 255 Å². The lowest BCUT2D eigenvalue weighted by atomic mass is 9.63. The van der Waals surface area contributed by atoms with Gasteiger partial charge in [0.1, 0.15) is 12.4 Å². The Morgan fingerprint density at radius 2 is 1.51 bits per heavy atom. The van der Waals surface area contributed by atoms with Crippen molar-refractivity contribution in [2.45, 2.75) is 86.2 Å². The summed E-state index contributed by atoms with van der Waals surface area (Å²) in [6, 6.07) is 10.5. The van der Waals surface area contributed by atoms with Crippen LogP contribution in [0.15, 0.2) is 71.6 Å². The van der Waals surface area contributed by atoms with Crippen LogP contribution >= 0.6 is 0 Å². The van der Waals surface area contributed by atoms with Gasteiger partial charge in [-0.25, -0.2) is 4.39 Å². The fraction of sp³-hybridized carbons (Fsp3) is 0.459. The molecule has 0 bridgehead atoms. The number of ether oxygens (including phenoxy) is 2. The first-order valence-corrected chi connectivity index (χ1v) is 15.5. The van der Waals surface area contributed by atoms with Crippen LogP contribution in [0.5, 0.6) is 11.5 Å². The van der Waals surface area contributed by atoms with Gasteiger partial charge in [0, 0.05) is 59.0 Å². The highest BCUT2D eigenvalue weighted by Crippen LogP contribution is 2.55. The number of carbonyl (C=O) groups is 2. The first kappa shape index (κ1) is 30.8. The van der Waals surface area contributed by atoms with Gasteiger partial charge in [0.25, 0.3) is 0 Å². The van der Waals surface area contributed by atoms with E-state index in [9.17, 15) is 14.0 Å². The Kier molecular flexibility index (Phi) is 8.43. The molecule has 0 radical (unpaired) electrons.